The molecule has 0 aliphatic heterocycles. The van der Waals surface area contributed by atoms with Gasteiger partial charge in [0, 0.05) is 17.9 Å². The highest BCUT2D eigenvalue weighted by atomic mass is 32.1. The van der Waals surface area contributed by atoms with Gasteiger partial charge in [-0.3, -0.25) is 0 Å². The number of rotatable bonds is 2. The fraction of sp³-hybridized carbons (Fsp3) is 0.273. The average molecular weight is 191 g/mol. The molecule has 13 heavy (non-hydrogen) atoms. The van der Waals surface area contributed by atoms with Gasteiger partial charge in [0.1, 0.15) is 0 Å². The number of nitrogens with two attached hydrogens (primary N) is 1. The van der Waals surface area contributed by atoms with Crippen LogP contribution in [0.5, 0.6) is 0 Å². The number of hydrogen-bond donors (Lipinski definition) is 2. The van der Waals surface area contributed by atoms with Crippen LogP contribution in [0.1, 0.15) is 22.3 Å². The lowest BCUT2D eigenvalue weighted by Crippen LogP contribution is -2.02. The highest BCUT2D eigenvalue weighted by Gasteiger charge is 2.03. The van der Waals surface area contributed by atoms with Crippen LogP contribution in [0.2, 0.25) is 0 Å². The highest BCUT2D eigenvalue weighted by molar-refractivity contribution is 7.79. The van der Waals surface area contributed by atoms with Crippen molar-refractivity contribution in [2.24, 2.45) is 5.73 Å². The van der Waals surface area contributed by atoms with E-state index in [9.17, 15) is 0 Å². The minimum atomic E-state index is 0.530. The number of benzene rings is 1. The van der Waals surface area contributed by atoms with E-state index in [1.807, 2.05) is 19.1 Å². The Labute approximate surface area is 84.8 Å². The first kappa shape index (κ1) is 10.2. The lowest BCUT2D eigenvalue weighted by molar-refractivity contribution is 1.04. The monoisotopic (exact) mass is 191 g/mol. The van der Waals surface area contributed by atoms with Gasteiger partial charge in [0.25, 0.3) is 0 Å². The Morgan fingerprint density at radius 3 is 2.54 bits per heavy atom. The zero-order valence-corrected chi connectivity index (χ0v) is 8.57. The van der Waals surface area contributed by atoms with Crippen molar-refractivity contribution in [3.63, 3.8) is 0 Å². The number of thiol groups is 1. The maximum Gasteiger partial charge on any atom is 0.0249 e. The molecule has 0 amide bonds. The van der Waals surface area contributed by atoms with Crippen molar-refractivity contribution in [3.05, 3.63) is 34.4 Å². The summed E-state index contributed by atoms with van der Waals surface area (Å²) >= 11 is 4.24. The molecule has 0 saturated heterocycles. The second-order valence-electron chi connectivity index (χ2n) is 2.93. The summed E-state index contributed by atoms with van der Waals surface area (Å²) in [6.45, 7) is 2.58. The van der Waals surface area contributed by atoms with E-state index in [0.29, 0.717) is 12.3 Å². The predicted molar refractivity (Wildman–Crippen MR) is 59.7 cm³/mol. The highest BCUT2D eigenvalue weighted by Crippen LogP contribution is 2.17. The molecule has 2 N–H and O–H groups in total. The van der Waals surface area contributed by atoms with E-state index in [0.717, 1.165) is 11.1 Å². The predicted octanol–water partition coefficient (Wildman–Crippen LogP) is 1.86. The van der Waals surface area contributed by atoms with Crippen LogP contribution in [0, 0.1) is 19.3 Å². The van der Waals surface area contributed by atoms with Gasteiger partial charge in [-0.1, -0.05) is 5.92 Å². The van der Waals surface area contributed by atoms with Crippen molar-refractivity contribution >= 4 is 12.6 Å². The van der Waals surface area contributed by atoms with Crippen molar-refractivity contribution in [1.82, 2.24) is 0 Å². The second-order valence-corrected chi connectivity index (χ2v) is 3.24. The van der Waals surface area contributed by atoms with E-state index in [4.69, 9.17) is 12.2 Å². The SMILES string of the molecule is C#Cc1cc(CN)c(C)c(CS)c1. The van der Waals surface area contributed by atoms with Gasteiger partial charge in [0.15, 0.2) is 0 Å². The molecule has 0 fully saturated rings. The van der Waals surface area contributed by atoms with Crippen LogP contribution >= 0.6 is 12.6 Å². The summed E-state index contributed by atoms with van der Waals surface area (Å²) in [5.74, 6) is 3.32. The minimum absolute atomic E-state index is 0.530. The molecular formula is C11H13NS. The Balaban J connectivity index is 3.30. The average Bonchev–Trinajstić information content (AvgIpc) is 2.18. The third-order valence-corrected chi connectivity index (χ3v) is 2.52. The smallest absolute Gasteiger partial charge is 0.0249 e. The van der Waals surface area contributed by atoms with Gasteiger partial charge in [-0.15, -0.1) is 6.42 Å². The Kier molecular flexibility index (Phi) is 3.41. The molecule has 1 aromatic rings. The Morgan fingerprint density at radius 1 is 1.46 bits per heavy atom. The Bertz CT molecular complexity index is 325. The lowest BCUT2D eigenvalue weighted by Gasteiger charge is -2.09. The first-order valence-corrected chi connectivity index (χ1v) is 4.76. The van der Waals surface area contributed by atoms with Crippen molar-refractivity contribution in [2.45, 2.75) is 19.2 Å². The topological polar surface area (TPSA) is 26.0 Å². The molecule has 0 radical (unpaired) electrons. The van der Waals surface area contributed by atoms with Crippen molar-refractivity contribution in [3.8, 4) is 12.3 Å². The second kappa shape index (κ2) is 4.36. The summed E-state index contributed by atoms with van der Waals surface area (Å²) in [6, 6.07) is 3.95. The number of terminal acetylenes is 1. The van der Waals surface area contributed by atoms with Crippen molar-refractivity contribution < 1.29 is 0 Å². The van der Waals surface area contributed by atoms with E-state index in [1.54, 1.807) is 0 Å². The maximum absolute atomic E-state index is 5.60. The molecule has 0 aromatic heterocycles. The fourth-order valence-electron chi connectivity index (χ4n) is 1.30. The van der Waals surface area contributed by atoms with E-state index >= 15 is 0 Å². The Hall–Kier alpha value is -0.910. The zero-order valence-electron chi connectivity index (χ0n) is 7.67. The molecule has 1 nitrogen and oxygen atoms in total. The summed E-state index contributed by atoms with van der Waals surface area (Å²) in [5.41, 5.74) is 9.97. The molecule has 1 aromatic carbocycles. The standard InChI is InChI=1S/C11H13NS/c1-3-9-4-10(6-12)8(2)11(5-9)7-13/h1,4-5,13H,6-7,12H2,2H3. The van der Waals surface area contributed by atoms with Crippen LogP contribution < -0.4 is 5.73 Å². The summed E-state index contributed by atoms with van der Waals surface area (Å²) in [4.78, 5) is 0. The molecular weight excluding hydrogens is 178 g/mol. The third-order valence-electron chi connectivity index (χ3n) is 2.18. The van der Waals surface area contributed by atoms with Crippen LogP contribution in [-0.4, -0.2) is 0 Å². The largest absolute Gasteiger partial charge is 0.326 e. The maximum atomic E-state index is 5.60. The van der Waals surface area contributed by atoms with Crippen molar-refractivity contribution in [2.75, 3.05) is 0 Å². The van der Waals surface area contributed by atoms with E-state index in [2.05, 4.69) is 18.5 Å². The van der Waals surface area contributed by atoms with Crippen LogP contribution in [-0.2, 0) is 12.3 Å². The van der Waals surface area contributed by atoms with Crippen LogP contribution in [0.4, 0.5) is 0 Å². The molecule has 68 valence electrons. The molecule has 0 atom stereocenters. The number of hydrogen-bond acceptors (Lipinski definition) is 2. The normalized spacial score (nSPS) is 9.69. The molecule has 0 aliphatic carbocycles. The van der Waals surface area contributed by atoms with Gasteiger partial charge in [0.2, 0.25) is 0 Å². The molecule has 0 aliphatic rings. The van der Waals surface area contributed by atoms with Gasteiger partial charge >= 0.3 is 0 Å². The Morgan fingerprint density at radius 2 is 2.08 bits per heavy atom. The summed E-state index contributed by atoms with van der Waals surface area (Å²) in [6.07, 6.45) is 5.33. The molecule has 0 unspecified atom stereocenters. The molecule has 2 heteroatoms. The van der Waals surface area contributed by atoms with Gasteiger partial charge in [-0.05, 0) is 35.7 Å². The molecule has 0 spiro atoms. The van der Waals surface area contributed by atoms with Gasteiger partial charge in [-0.2, -0.15) is 12.6 Å². The van der Waals surface area contributed by atoms with Gasteiger partial charge < -0.3 is 5.73 Å². The summed E-state index contributed by atoms with van der Waals surface area (Å²) in [5, 5.41) is 0. The lowest BCUT2D eigenvalue weighted by atomic mass is 10.00. The van der Waals surface area contributed by atoms with Crippen LogP contribution in [0.25, 0.3) is 0 Å². The summed E-state index contributed by atoms with van der Waals surface area (Å²) < 4.78 is 0. The van der Waals surface area contributed by atoms with E-state index in [-0.39, 0.29) is 0 Å². The van der Waals surface area contributed by atoms with E-state index < -0.39 is 0 Å². The van der Waals surface area contributed by atoms with Gasteiger partial charge in [-0.25, -0.2) is 0 Å². The quantitative estimate of drug-likeness (QED) is 0.541. The fourth-order valence-corrected chi connectivity index (χ4v) is 1.63. The van der Waals surface area contributed by atoms with E-state index in [1.165, 1.54) is 11.1 Å². The first-order valence-electron chi connectivity index (χ1n) is 4.12. The zero-order chi connectivity index (χ0) is 9.84. The molecule has 1 rings (SSSR count). The third kappa shape index (κ3) is 2.06. The van der Waals surface area contributed by atoms with Crippen molar-refractivity contribution in [1.29, 1.82) is 0 Å². The molecule has 0 heterocycles. The minimum Gasteiger partial charge on any atom is -0.326 e. The van der Waals surface area contributed by atoms with Gasteiger partial charge in [0.05, 0.1) is 0 Å². The molecule has 0 saturated carbocycles. The van der Waals surface area contributed by atoms with Crippen LogP contribution in [0.3, 0.4) is 0 Å². The molecule has 0 bridgehead atoms. The van der Waals surface area contributed by atoms with Crippen LogP contribution in [0.15, 0.2) is 12.1 Å². The summed E-state index contributed by atoms with van der Waals surface area (Å²) in [7, 11) is 0. The first-order chi connectivity index (χ1) is 6.22.